The monoisotopic (exact) mass is 209 g/mol. The maximum absolute atomic E-state index is 3.87. The van der Waals surface area contributed by atoms with Crippen molar-refractivity contribution in [3.8, 4) is 0 Å². The molecular weight excluding hydrogens is 182 g/mol. The van der Waals surface area contributed by atoms with Gasteiger partial charge in [-0.25, -0.2) is 0 Å². The molecule has 0 spiro atoms. The Morgan fingerprint density at radius 3 is 1.80 bits per heavy atom. The first-order valence-electron chi connectivity index (χ1n) is 6.62. The molecule has 0 atom stereocenters. The second kappa shape index (κ2) is 3.76. The van der Waals surface area contributed by atoms with Gasteiger partial charge in [-0.05, 0) is 42.9 Å². The van der Waals surface area contributed by atoms with Gasteiger partial charge in [0.1, 0.15) is 0 Å². The highest BCUT2D eigenvalue weighted by Crippen LogP contribution is 2.46. The molecule has 0 aromatic heterocycles. The van der Waals surface area contributed by atoms with Crippen LogP contribution in [-0.4, -0.2) is 12.1 Å². The summed E-state index contributed by atoms with van der Waals surface area (Å²) in [5, 5.41) is 3.87. The van der Waals surface area contributed by atoms with Crippen LogP contribution < -0.4 is 5.32 Å². The molecule has 0 bridgehead atoms. The highest BCUT2D eigenvalue weighted by atomic mass is 15.0. The Balaban J connectivity index is 1.93. The molecule has 2 saturated carbocycles. The molecule has 2 rings (SSSR count). The fourth-order valence-corrected chi connectivity index (χ4v) is 3.87. The number of hydrogen-bond acceptors (Lipinski definition) is 1. The average molecular weight is 209 g/mol. The molecule has 0 aromatic rings. The second-order valence-electron chi connectivity index (χ2n) is 7.40. The van der Waals surface area contributed by atoms with E-state index in [2.05, 4.69) is 33.0 Å². The lowest BCUT2D eigenvalue weighted by atomic mass is 9.63. The summed E-state index contributed by atoms with van der Waals surface area (Å²) in [6, 6.07) is 1.62. The zero-order chi connectivity index (χ0) is 11.1. The van der Waals surface area contributed by atoms with Crippen LogP contribution in [0, 0.1) is 10.8 Å². The molecule has 1 heteroatoms. The van der Waals surface area contributed by atoms with Gasteiger partial charge < -0.3 is 5.32 Å². The Hall–Kier alpha value is -0.0400. The first-order valence-corrected chi connectivity index (χ1v) is 6.62. The topological polar surface area (TPSA) is 12.0 Å². The van der Waals surface area contributed by atoms with Crippen molar-refractivity contribution >= 4 is 0 Å². The summed E-state index contributed by atoms with van der Waals surface area (Å²) < 4.78 is 0. The molecule has 2 aliphatic carbocycles. The second-order valence-corrected chi connectivity index (χ2v) is 7.40. The van der Waals surface area contributed by atoms with Gasteiger partial charge in [-0.2, -0.15) is 0 Å². The van der Waals surface area contributed by atoms with Gasteiger partial charge in [-0.15, -0.1) is 0 Å². The average Bonchev–Trinajstić information content (AvgIpc) is 1.90. The maximum atomic E-state index is 3.87. The van der Waals surface area contributed by atoms with Crippen LogP contribution in [0.15, 0.2) is 0 Å². The van der Waals surface area contributed by atoms with Gasteiger partial charge in [0.15, 0.2) is 0 Å². The van der Waals surface area contributed by atoms with Crippen LogP contribution in [-0.2, 0) is 0 Å². The third kappa shape index (κ3) is 2.96. The first-order chi connectivity index (χ1) is 6.86. The summed E-state index contributed by atoms with van der Waals surface area (Å²) in [6.45, 7) is 9.74. The van der Waals surface area contributed by atoms with Crippen LogP contribution in [0.5, 0.6) is 0 Å². The van der Waals surface area contributed by atoms with E-state index < -0.39 is 0 Å². The maximum Gasteiger partial charge on any atom is 0.00798 e. The van der Waals surface area contributed by atoms with Crippen LogP contribution >= 0.6 is 0 Å². The van der Waals surface area contributed by atoms with Crippen LogP contribution in [0.25, 0.3) is 0 Å². The minimum Gasteiger partial charge on any atom is -0.311 e. The van der Waals surface area contributed by atoms with E-state index in [0.717, 1.165) is 12.1 Å². The fourth-order valence-electron chi connectivity index (χ4n) is 3.87. The lowest BCUT2D eigenvalue weighted by molar-refractivity contribution is 0.0746. The summed E-state index contributed by atoms with van der Waals surface area (Å²) in [5.41, 5.74) is 1.06. The summed E-state index contributed by atoms with van der Waals surface area (Å²) in [4.78, 5) is 0. The Kier molecular flexibility index (Phi) is 2.87. The van der Waals surface area contributed by atoms with Crippen molar-refractivity contribution in [2.24, 2.45) is 10.8 Å². The van der Waals surface area contributed by atoms with Gasteiger partial charge in [0.25, 0.3) is 0 Å². The van der Waals surface area contributed by atoms with Gasteiger partial charge in [-0.3, -0.25) is 0 Å². The van der Waals surface area contributed by atoms with Gasteiger partial charge >= 0.3 is 0 Å². The molecule has 0 aliphatic heterocycles. The van der Waals surface area contributed by atoms with Gasteiger partial charge in [0.2, 0.25) is 0 Å². The van der Waals surface area contributed by atoms with E-state index in [1.807, 2.05) is 0 Å². The molecule has 0 unspecified atom stereocenters. The van der Waals surface area contributed by atoms with Gasteiger partial charge in [-0.1, -0.05) is 34.1 Å². The zero-order valence-electron chi connectivity index (χ0n) is 10.9. The summed E-state index contributed by atoms with van der Waals surface area (Å²) in [5.74, 6) is 0. The summed E-state index contributed by atoms with van der Waals surface area (Å²) in [7, 11) is 0. The first kappa shape index (κ1) is 11.4. The highest BCUT2D eigenvalue weighted by molar-refractivity contribution is 4.94. The molecule has 2 fully saturated rings. The Labute approximate surface area is 95.0 Å². The van der Waals surface area contributed by atoms with E-state index in [9.17, 15) is 0 Å². The van der Waals surface area contributed by atoms with Gasteiger partial charge in [0.05, 0.1) is 0 Å². The van der Waals surface area contributed by atoms with Gasteiger partial charge in [0, 0.05) is 12.1 Å². The Morgan fingerprint density at radius 1 is 0.867 bits per heavy atom. The molecule has 0 saturated heterocycles. The summed E-state index contributed by atoms with van der Waals surface area (Å²) >= 11 is 0. The van der Waals surface area contributed by atoms with E-state index >= 15 is 0 Å². The predicted octanol–water partition coefficient (Wildman–Crippen LogP) is 3.73. The van der Waals surface area contributed by atoms with E-state index in [-0.39, 0.29) is 0 Å². The predicted molar refractivity (Wildman–Crippen MR) is 66.0 cm³/mol. The molecule has 0 heterocycles. The van der Waals surface area contributed by atoms with E-state index in [1.165, 1.54) is 38.5 Å². The van der Waals surface area contributed by atoms with E-state index in [4.69, 9.17) is 0 Å². The molecule has 2 aliphatic rings. The van der Waals surface area contributed by atoms with Crippen LogP contribution in [0.4, 0.5) is 0 Å². The quantitative estimate of drug-likeness (QED) is 0.730. The van der Waals surface area contributed by atoms with Crippen LogP contribution in [0.1, 0.15) is 66.2 Å². The molecule has 1 nitrogen and oxygen atoms in total. The summed E-state index contributed by atoms with van der Waals surface area (Å²) in [6.07, 6.45) is 8.38. The van der Waals surface area contributed by atoms with E-state index in [1.54, 1.807) is 0 Å². The third-order valence-electron chi connectivity index (χ3n) is 4.13. The van der Waals surface area contributed by atoms with E-state index in [0.29, 0.717) is 10.8 Å². The van der Waals surface area contributed by atoms with Crippen molar-refractivity contribution in [1.29, 1.82) is 0 Å². The minimum atomic E-state index is 0.531. The molecule has 0 amide bonds. The zero-order valence-corrected chi connectivity index (χ0v) is 10.9. The largest absolute Gasteiger partial charge is 0.311 e. The minimum absolute atomic E-state index is 0.531. The molecule has 0 aromatic carbocycles. The fraction of sp³-hybridized carbons (Fsp3) is 1.00. The van der Waals surface area contributed by atoms with Crippen molar-refractivity contribution in [2.45, 2.75) is 78.3 Å². The normalized spacial score (nSPS) is 31.2. The highest BCUT2D eigenvalue weighted by Gasteiger charge is 2.39. The Morgan fingerprint density at radius 2 is 1.40 bits per heavy atom. The standard InChI is InChI=1S/C14H27N/c1-13(2)8-12(9-14(3,4)10-13)15-11-6-5-7-11/h11-12,15H,5-10H2,1-4H3. The smallest absolute Gasteiger partial charge is 0.00798 e. The number of rotatable bonds is 2. The molecule has 1 N–H and O–H groups in total. The molecular formula is C14H27N. The number of hydrogen-bond donors (Lipinski definition) is 1. The third-order valence-corrected chi connectivity index (χ3v) is 4.13. The van der Waals surface area contributed by atoms with Crippen molar-refractivity contribution < 1.29 is 0 Å². The van der Waals surface area contributed by atoms with Crippen molar-refractivity contribution in [3.63, 3.8) is 0 Å². The Bertz CT molecular complexity index is 209. The van der Waals surface area contributed by atoms with Crippen LogP contribution in [0.3, 0.4) is 0 Å². The van der Waals surface area contributed by atoms with Crippen molar-refractivity contribution in [1.82, 2.24) is 5.32 Å². The lowest BCUT2D eigenvalue weighted by Gasteiger charge is -2.47. The number of nitrogens with one attached hydrogen (secondary N) is 1. The van der Waals surface area contributed by atoms with Crippen molar-refractivity contribution in [3.05, 3.63) is 0 Å². The molecule has 0 radical (unpaired) electrons. The molecule has 88 valence electrons. The lowest BCUT2D eigenvalue weighted by Crippen LogP contribution is -2.49. The van der Waals surface area contributed by atoms with Crippen LogP contribution in [0.2, 0.25) is 0 Å². The SMILES string of the molecule is CC1(C)CC(NC2CCC2)CC(C)(C)C1. The van der Waals surface area contributed by atoms with Crippen molar-refractivity contribution in [2.75, 3.05) is 0 Å². The molecule has 15 heavy (non-hydrogen) atoms.